The van der Waals surface area contributed by atoms with Gasteiger partial charge in [0.1, 0.15) is 6.10 Å². The SMILES string of the molecule is CCCC1(C)CC[C@H]2C(C)C(=O)O[C@@H]2C1. The van der Waals surface area contributed by atoms with Crippen LogP contribution in [0, 0.1) is 17.3 Å². The van der Waals surface area contributed by atoms with Gasteiger partial charge in [-0.15, -0.1) is 0 Å². The molecule has 4 atom stereocenters. The number of hydrogen-bond acceptors (Lipinski definition) is 2. The van der Waals surface area contributed by atoms with Crippen LogP contribution in [0.2, 0.25) is 0 Å². The van der Waals surface area contributed by atoms with Crippen molar-refractivity contribution in [1.29, 1.82) is 0 Å². The maximum atomic E-state index is 11.5. The summed E-state index contributed by atoms with van der Waals surface area (Å²) in [5, 5.41) is 0. The number of carbonyl (C=O) groups is 1. The van der Waals surface area contributed by atoms with Crippen LogP contribution in [0.1, 0.15) is 52.9 Å². The first-order valence-electron chi connectivity index (χ1n) is 6.26. The molecule has 15 heavy (non-hydrogen) atoms. The second-order valence-corrected chi connectivity index (χ2v) is 5.73. The second-order valence-electron chi connectivity index (χ2n) is 5.73. The number of carbonyl (C=O) groups excluding carboxylic acids is 1. The average molecular weight is 210 g/mol. The summed E-state index contributed by atoms with van der Waals surface area (Å²) in [5.74, 6) is 0.675. The van der Waals surface area contributed by atoms with Gasteiger partial charge in [-0.2, -0.15) is 0 Å². The van der Waals surface area contributed by atoms with Crippen LogP contribution in [0.3, 0.4) is 0 Å². The van der Waals surface area contributed by atoms with Gasteiger partial charge in [0.15, 0.2) is 0 Å². The van der Waals surface area contributed by atoms with Gasteiger partial charge < -0.3 is 4.74 Å². The molecule has 86 valence electrons. The molecule has 0 amide bonds. The van der Waals surface area contributed by atoms with Gasteiger partial charge in [0.25, 0.3) is 0 Å². The first kappa shape index (κ1) is 11.0. The Morgan fingerprint density at radius 2 is 2.27 bits per heavy atom. The van der Waals surface area contributed by atoms with E-state index < -0.39 is 0 Å². The summed E-state index contributed by atoms with van der Waals surface area (Å²) in [5.41, 5.74) is 0.417. The molecule has 0 aromatic heterocycles. The molecule has 2 fully saturated rings. The van der Waals surface area contributed by atoms with E-state index in [-0.39, 0.29) is 18.0 Å². The minimum absolute atomic E-state index is 0.0331. The van der Waals surface area contributed by atoms with Crippen molar-refractivity contribution in [3.05, 3.63) is 0 Å². The van der Waals surface area contributed by atoms with Crippen LogP contribution in [-0.2, 0) is 9.53 Å². The quantitative estimate of drug-likeness (QED) is 0.654. The molecule has 0 aromatic rings. The summed E-state index contributed by atoms with van der Waals surface area (Å²) in [4.78, 5) is 11.5. The molecule has 1 aliphatic heterocycles. The van der Waals surface area contributed by atoms with Crippen molar-refractivity contribution < 1.29 is 9.53 Å². The number of esters is 1. The lowest BCUT2D eigenvalue weighted by atomic mass is 9.66. The third-order valence-electron chi connectivity index (χ3n) is 4.39. The first-order chi connectivity index (χ1) is 7.06. The first-order valence-corrected chi connectivity index (χ1v) is 6.26. The Hall–Kier alpha value is -0.530. The predicted molar refractivity (Wildman–Crippen MR) is 59.4 cm³/mol. The van der Waals surface area contributed by atoms with Crippen LogP contribution in [-0.4, -0.2) is 12.1 Å². The van der Waals surface area contributed by atoms with Gasteiger partial charge in [0.2, 0.25) is 0 Å². The lowest BCUT2D eigenvalue weighted by molar-refractivity contribution is -0.145. The topological polar surface area (TPSA) is 26.3 Å². The minimum Gasteiger partial charge on any atom is -0.462 e. The lowest BCUT2D eigenvalue weighted by Gasteiger charge is -2.39. The molecule has 0 aromatic carbocycles. The van der Waals surface area contributed by atoms with Crippen LogP contribution in [0.15, 0.2) is 0 Å². The summed E-state index contributed by atoms with van der Waals surface area (Å²) in [6, 6.07) is 0. The fourth-order valence-corrected chi connectivity index (χ4v) is 3.40. The summed E-state index contributed by atoms with van der Waals surface area (Å²) in [6.07, 6.45) is 6.25. The highest BCUT2D eigenvalue weighted by Crippen LogP contribution is 2.48. The zero-order valence-electron chi connectivity index (χ0n) is 10.1. The highest BCUT2D eigenvalue weighted by atomic mass is 16.6. The Bertz CT molecular complexity index is 261. The Balaban J connectivity index is 2.05. The number of fused-ring (bicyclic) bond motifs is 1. The number of ether oxygens (including phenoxy) is 1. The fraction of sp³-hybridized carbons (Fsp3) is 0.923. The molecular formula is C13H22O2. The highest BCUT2D eigenvalue weighted by Gasteiger charge is 2.47. The van der Waals surface area contributed by atoms with Gasteiger partial charge in [0, 0.05) is 5.92 Å². The third kappa shape index (κ3) is 1.91. The maximum Gasteiger partial charge on any atom is 0.309 e. The number of hydrogen-bond donors (Lipinski definition) is 0. The molecule has 0 radical (unpaired) electrons. The summed E-state index contributed by atoms with van der Waals surface area (Å²) >= 11 is 0. The van der Waals surface area contributed by atoms with Crippen molar-refractivity contribution in [3.8, 4) is 0 Å². The van der Waals surface area contributed by atoms with E-state index in [0.717, 1.165) is 6.42 Å². The van der Waals surface area contributed by atoms with Crippen molar-refractivity contribution in [1.82, 2.24) is 0 Å². The minimum atomic E-state index is 0.0331. The normalized spacial score (nSPS) is 45.0. The van der Waals surface area contributed by atoms with E-state index in [1.54, 1.807) is 0 Å². The molecule has 1 saturated carbocycles. The third-order valence-corrected chi connectivity index (χ3v) is 4.39. The Kier molecular flexibility index (Phi) is 2.78. The van der Waals surface area contributed by atoms with Crippen molar-refractivity contribution in [2.24, 2.45) is 17.3 Å². The van der Waals surface area contributed by atoms with Crippen LogP contribution in [0.25, 0.3) is 0 Å². The molecule has 0 spiro atoms. The van der Waals surface area contributed by atoms with Crippen LogP contribution in [0.5, 0.6) is 0 Å². The molecule has 2 unspecified atom stereocenters. The van der Waals surface area contributed by atoms with Crippen molar-refractivity contribution >= 4 is 5.97 Å². The summed E-state index contributed by atoms with van der Waals surface area (Å²) in [6.45, 7) is 6.61. The standard InChI is InChI=1S/C13H22O2/c1-4-6-13(3)7-5-10-9(2)12(14)15-11(10)8-13/h9-11H,4-8H2,1-3H3/t9?,10-,11+,13?/m0/s1. The Labute approximate surface area is 92.4 Å². The second kappa shape index (κ2) is 3.80. The zero-order chi connectivity index (χ0) is 11.1. The molecule has 2 nitrogen and oxygen atoms in total. The summed E-state index contributed by atoms with van der Waals surface area (Å²) < 4.78 is 5.48. The van der Waals surface area contributed by atoms with Gasteiger partial charge in [-0.1, -0.05) is 27.2 Å². The van der Waals surface area contributed by atoms with E-state index in [1.165, 1.54) is 25.7 Å². The monoisotopic (exact) mass is 210 g/mol. The van der Waals surface area contributed by atoms with Crippen LogP contribution in [0.4, 0.5) is 0 Å². The highest BCUT2D eigenvalue weighted by molar-refractivity contribution is 5.74. The molecule has 1 saturated heterocycles. The smallest absolute Gasteiger partial charge is 0.309 e. The Morgan fingerprint density at radius 1 is 1.53 bits per heavy atom. The molecule has 1 heterocycles. The van der Waals surface area contributed by atoms with E-state index in [2.05, 4.69) is 13.8 Å². The largest absolute Gasteiger partial charge is 0.462 e. The van der Waals surface area contributed by atoms with Gasteiger partial charge in [-0.05, 0) is 31.1 Å². The maximum absolute atomic E-state index is 11.5. The molecule has 0 N–H and O–H groups in total. The van der Waals surface area contributed by atoms with E-state index in [9.17, 15) is 4.79 Å². The van der Waals surface area contributed by atoms with E-state index >= 15 is 0 Å². The summed E-state index contributed by atoms with van der Waals surface area (Å²) in [7, 11) is 0. The molecule has 2 heteroatoms. The molecule has 2 aliphatic rings. The van der Waals surface area contributed by atoms with Gasteiger partial charge in [-0.25, -0.2) is 0 Å². The van der Waals surface area contributed by atoms with E-state index in [1.807, 2.05) is 6.92 Å². The van der Waals surface area contributed by atoms with Gasteiger partial charge >= 0.3 is 5.97 Å². The molecule has 0 bridgehead atoms. The number of rotatable bonds is 2. The molecule has 2 rings (SSSR count). The molecular weight excluding hydrogens is 188 g/mol. The van der Waals surface area contributed by atoms with Crippen LogP contribution < -0.4 is 0 Å². The van der Waals surface area contributed by atoms with E-state index in [4.69, 9.17) is 4.74 Å². The van der Waals surface area contributed by atoms with E-state index in [0.29, 0.717) is 11.3 Å². The van der Waals surface area contributed by atoms with Crippen LogP contribution >= 0.6 is 0 Å². The molecule has 1 aliphatic carbocycles. The van der Waals surface area contributed by atoms with Gasteiger partial charge in [-0.3, -0.25) is 4.79 Å². The predicted octanol–water partition coefficient (Wildman–Crippen LogP) is 3.15. The average Bonchev–Trinajstić information content (AvgIpc) is 2.42. The van der Waals surface area contributed by atoms with Gasteiger partial charge in [0.05, 0.1) is 5.92 Å². The van der Waals surface area contributed by atoms with Crippen molar-refractivity contribution in [2.45, 2.75) is 59.0 Å². The lowest BCUT2D eigenvalue weighted by Crippen LogP contribution is -2.34. The fourth-order valence-electron chi connectivity index (χ4n) is 3.40. The van der Waals surface area contributed by atoms with Crippen molar-refractivity contribution in [2.75, 3.05) is 0 Å². The van der Waals surface area contributed by atoms with Crippen molar-refractivity contribution in [3.63, 3.8) is 0 Å². The zero-order valence-corrected chi connectivity index (χ0v) is 10.1. The Morgan fingerprint density at radius 3 is 2.93 bits per heavy atom.